The van der Waals surface area contributed by atoms with E-state index >= 15 is 0 Å². The summed E-state index contributed by atoms with van der Waals surface area (Å²) in [6.45, 7) is 12.1. The van der Waals surface area contributed by atoms with Gasteiger partial charge in [-0.25, -0.2) is 0 Å². The summed E-state index contributed by atoms with van der Waals surface area (Å²) in [5.41, 5.74) is -0.271. The lowest BCUT2D eigenvalue weighted by Crippen LogP contribution is -2.34. The van der Waals surface area contributed by atoms with E-state index in [1.807, 2.05) is 0 Å². The molecule has 19 heavy (non-hydrogen) atoms. The Hall–Kier alpha value is -0.120. The molecule has 0 spiro atoms. The van der Waals surface area contributed by atoms with Gasteiger partial charge in [-0.2, -0.15) is 0 Å². The molecule has 112 valence electrons. The second-order valence-corrected chi connectivity index (χ2v) is 8.65. The minimum absolute atomic E-state index is 0.0307. The van der Waals surface area contributed by atoms with E-state index in [0.717, 1.165) is 19.3 Å². The Kier molecular flexibility index (Phi) is 3.79. The van der Waals surface area contributed by atoms with Crippen LogP contribution in [0.25, 0.3) is 0 Å². The van der Waals surface area contributed by atoms with Crippen molar-refractivity contribution in [3.05, 3.63) is 0 Å². The monoisotopic (exact) mass is 270 g/mol. The van der Waals surface area contributed by atoms with Crippen LogP contribution in [0.15, 0.2) is 0 Å². The third kappa shape index (κ3) is 3.50. The number of hydrogen-bond donors (Lipinski definition) is 2. The van der Waals surface area contributed by atoms with E-state index in [0.29, 0.717) is 19.1 Å². The summed E-state index contributed by atoms with van der Waals surface area (Å²) in [6, 6.07) is 0. The fourth-order valence-electron chi connectivity index (χ4n) is 3.84. The molecule has 4 atom stereocenters. The van der Waals surface area contributed by atoms with Crippen molar-refractivity contribution in [3.8, 4) is 0 Å². The maximum atomic E-state index is 10.6. The maximum Gasteiger partial charge on any atom is 0.0828 e. The van der Waals surface area contributed by atoms with Gasteiger partial charge in [0.05, 0.1) is 24.9 Å². The second-order valence-electron chi connectivity index (χ2n) is 8.65. The Morgan fingerprint density at radius 2 is 1.79 bits per heavy atom. The number of rotatable bonds is 4. The van der Waals surface area contributed by atoms with Crippen molar-refractivity contribution >= 4 is 0 Å². The van der Waals surface area contributed by atoms with Gasteiger partial charge < -0.3 is 14.9 Å². The summed E-state index contributed by atoms with van der Waals surface area (Å²) in [6.07, 6.45) is 2.41. The van der Waals surface area contributed by atoms with Crippen LogP contribution in [-0.4, -0.2) is 35.1 Å². The molecule has 3 nitrogen and oxygen atoms in total. The van der Waals surface area contributed by atoms with Crippen LogP contribution >= 0.6 is 0 Å². The van der Waals surface area contributed by atoms with Crippen molar-refractivity contribution in [2.24, 2.45) is 22.7 Å². The van der Waals surface area contributed by atoms with Crippen LogP contribution in [0.1, 0.15) is 53.9 Å². The smallest absolute Gasteiger partial charge is 0.0828 e. The predicted octanol–water partition coefficient (Wildman–Crippen LogP) is 2.60. The number of ether oxygens (including phenoxy) is 1. The molecule has 0 amide bonds. The molecule has 4 unspecified atom stereocenters. The van der Waals surface area contributed by atoms with Gasteiger partial charge in [-0.15, -0.1) is 0 Å². The molecular formula is C16H30O3. The summed E-state index contributed by atoms with van der Waals surface area (Å²) in [5.74, 6) is 0.585. The van der Waals surface area contributed by atoms with Crippen molar-refractivity contribution in [3.63, 3.8) is 0 Å². The highest BCUT2D eigenvalue weighted by Crippen LogP contribution is 2.56. The van der Waals surface area contributed by atoms with Gasteiger partial charge in [0.25, 0.3) is 0 Å². The average Bonchev–Trinajstić information content (AvgIpc) is 2.62. The SMILES string of the molecule is CC(C)(C)CC1(O)CC1CC(C)(C)C1COCC1O. The first-order chi connectivity index (χ1) is 8.54. The number of aliphatic hydroxyl groups is 2. The van der Waals surface area contributed by atoms with Crippen LogP contribution in [0.4, 0.5) is 0 Å². The average molecular weight is 270 g/mol. The molecule has 2 fully saturated rings. The molecule has 1 saturated heterocycles. The Morgan fingerprint density at radius 3 is 2.26 bits per heavy atom. The van der Waals surface area contributed by atoms with Gasteiger partial charge in [0, 0.05) is 5.92 Å². The quantitative estimate of drug-likeness (QED) is 0.825. The van der Waals surface area contributed by atoms with E-state index < -0.39 is 5.60 Å². The zero-order chi connectivity index (χ0) is 14.5. The Balaban J connectivity index is 1.92. The van der Waals surface area contributed by atoms with Crippen molar-refractivity contribution in [2.45, 2.75) is 65.6 Å². The van der Waals surface area contributed by atoms with E-state index in [9.17, 15) is 10.2 Å². The summed E-state index contributed by atoms with van der Waals surface area (Å²) >= 11 is 0. The molecule has 3 heteroatoms. The van der Waals surface area contributed by atoms with Gasteiger partial charge >= 0.3 is 0 Å². The maximum absolute atomic E-state index is 10.6. The third-order valence-corrected chi connectivity index (χ3v) is 4.86. The van der Waals surface area contributed by atoms with Gasteiger partial charge in [0.15, 0.2) is 0 Å². The Morgan fingerprint density at radius 1 is 1.16 bits per heavy atom. The van der Waals surface area contributed by atoms with Crippen molar-refractivity contribution in [1.82, 2.24) is 0 Å². The van der Waals surface area contributed by atoms with Gasteiger partial charge in [-0.3, -0.25) is 0 Å². The standard InChI is InChI=1S/C16H30O3/c1-14(2,3)10-16(18)7-11(16)6-15(4,5)12-8-19-9-13(12)17/h11-13,17-18H,6-10H2,1-5H3. The van der Waals surface area contributed by atoms with Crippen molar-refractivity contribution in [2.75, 3.05) is 13.2 Å². The zero-order valence-electron chi connectivity index (χ0n) is 13.1. The molecule has 2 N–H and O–H groups in total. The van der Waals surface area contributed by atoms with E-state index in [1.165, 1.54) is 0 Å². The van der Waals surface area contributed by atoms with Crippen LogP contribution < -0.4 is 0 Å². The molecule has 1 aliphatic carbocycles. The van der Waals surface area contributed by atoms with Crippen LogP contribution in [-0.2, 0) is 4.74 Å². The Bertz CT molecular complexity index is 331. The Labute approximate surface area is 117 Å². The minimum Gasteiger partial charge on any atom is -0.390 e. The molecule has 0 bridgehead atoms. The van der Waals surface area contributed by atoms with Crippen LogP contribution in [0.3, 0.4) is 0 Å². The third-order valence-electron chi connectivity index (χ3n) is 4.86. The zero-order valence-corrected chi connectivity index (χ0v) is 13.1. The fraction of sp³-hybridized carbons (Fsp3) is 1.00. The molecule has 0 aromatic rings. The molecule has 1 aliphatic heterocycles. The highest BCUT2D eigenvalue weighted by Gasteiger charge is 2.56. The van der Waals surface area contributed by atoms with Gasteiger partial charge in [0.2, 0.25) is 0 Å². The topological polar surface area (TPSA) is 49.7 Å². The lowest BCUT2D eigenvalue weighted by Gasteiger charge is -2.34. The minimum atomic E-state index is -0.472. The molecule has 2 rings (SSSR count). The summed E-state index contributed by atoms with van der Waals surface area (Å²) in [4.78, 5) is 0. The molecule has 2 aliphatic rings. The van der Waals surface area contributed by atoms with Crippen molar-refractivity contribution < 1.29 is 14.9 Å². The van der Waals surface area contributed by atoms with E-state index in [1.54, 1.807) is 0 Å². The van der Waals surface area contributed by atoms with E-state index in [2.05, 4.69) is 34.6 Å². The van der Waals surface area contributed by atoms with Crippen LogP contribution in [0.5, 0.6) is 0 Å². The van der Waals surface area contributed by atoms with E-state index in [-0.39, 0.29) is 22.9 Å². The largest absolute Gasteiger partial charge is 0.390 e. The first-order valence-corrected chi connectivity index (χ1v) is 7.52. The molecule has 1 heterocycles. The molecule has 0 radical (unpaired) electrons. The van der Waals surface area contributed by atoms with Crippen LogP contribution in [0, 0.1) is 22.7 Å². The van der Waals surface area contributed by atoms with E-state index in [4.69, 9.17) is 4.74 Å². The van der Waals surface area contributed by atoms with Gasteiger partial charge in [-0.05, 0) is 36.0 Å². The fourth-order valence-corrected chi connectivity index (χ4v) is 3.84. The first kappa shape index (κ1) is 15.3. The van der Waals surface area contributed by atoms with Crippen LogP contribution in [0.2, 0.25) is 0 Å². The summed E-state index contributed by atoms with van der Waals surface area (Å²) < 4.78 is 5.38. The number of hydrogen-bond acceptors (Lipinski definition) is 3. The highest BCUT2D eigenvalue weighted by atomic mass is 16.5. The molecule has 0 aromatic heterocycles. The summed E-state index contributed by atoms with van der Waals surface area (Å²) in [7, 11) is 0. The van der Waals surface area contributed by atoms with Crippen molar-refractivity contribution in [1.29, 1.82) is 0 Å². The lowest BCUT2D eigenvalue weighted by molar-refractivity contribution is 0.0401. The normalized spacial score (nSPS) is 39.6. The molecular weight excluding hydrogens is 240 g/mol. The predicted molar refractivity (Wildman–Crippen MR) is 75.8 cm³/mol. The first-order valence-electron chi connectivity index (χ1n) is 7.52. The molecule has 0 aromatic carbocycles. The summed E-state index contributed by atoms with van der Waals surface area (Å²) in [5, 5.41) is 20.6. The highest BCUT2D eigenvalue weighted by molar-refractivity contribution is 5.07. The van der Waals surface area contributed by atoms with Gasteiger partial charge in [0.1, 0.15) is 0 Å². The van der Waals surface area contributed by atoms with Gasteiger partial charge in [-0.1, -0.05) is 34.6 Å². The number of aliphatic hydroxyl groups excluding tert-OH is 1. The lowest BCUT2D eigenvalue weighted by atomic mass is 9.72. The second kappa shape index (κ2) is 4.71. The molecule has 1 saturated carbocycles.